The first-order valence-electron chi connectivity index (χ1n) is 8.58. The highest BCUT2D eigenvalue weighted by molar-refractivity contribution is 7.99. The molecule has 1 aliphatic heterocycles. The highest BCUT2D eigenvalue weighted by Gasteiger charge is 2.25. The summed E-state index contributed by atoms with van der Waals surface area (Å²) in [7, 11) is 0. The first-order valence-corrected chi connectivity index (χ1v) is 9.62. The van der Waals surface area contributed by atoms with Crippen molar-refractivity contribution in [2.75, 3.05) is 25.4 Å². The standard InChI is InChI=1S/C20H22FNO2S/c1-2-24-18-10-6-4-8-16(18)20(23)22-12-11-19(25-14-13-22)15-7-3-5-9-17(15)21/h3-10,19H,2,11-14H2,1H3. The lowest BCUT2D eigenvalue weighted by Gasteiger charge is -2.21. The molecule has 5 heteroatoms. The first-order chi connectivity index (χ1) is 12.2. The van der Waals surface area contributed by atoms with Crippen molar-refractivity contribution in [1.82, 2.24) is 4.90 Å². The van der Waals surface area contributed by atoms with E-state index in [1.807, 2.05) is 42.2 Å². The van der Waals surface area contributed by atoms with Crippen LogP contribution < -0.4 is 4.74 Å². The van der Waals surface area contributed by atoms with E-state index in [0.29, 0.717) is 31.0 Å². The third kappa shape index (κ3) is 4.15. The third-order valence-electron chi connectivity index (χ3n) is 4.30. The Bertz CT molecular complexity index is 737. The summed E-state index contributed by atoms with van der Waals surface area (Å²) < 4.78 is 19.6. The van der Waals surface area contributed by atoms with Crippen molar-refractivity contribution in [3.8, 4) is 5.75 Å². The molecule has 2 aromatic rings. The summed E-state index contributed by atoms with van der Waals surface area (Å²) in [6.07, 6.45) is 0.744. The second kappa shape index (κ2) is 8.39. The van der Waals surface area contributed by atoms with Gasteiger partial charge in [0.1, 0.15) is 11.6 Å². The Morgan fingerprint density at radius 1 is 1.20 bits per heavy atom. The van der Waals surface area contributed by atoms with E-state index in [9.17, 15) is 9.18 Å². The number of hydrogen-bond acceptors (Lipinski definition) is 3. The minimum atomic E-state index is -0.165. The maximum atomic E-state index is 14.1. The molecule has 2 aromatic carbocycles. The largest absolute Gasteiger partial charge is 0.493 e. The van der Waals surface area contributed by atoms with Crippen LogP contribution in [0.1, 0.15) is 34.5 Å². The van der Waals surface area contributed by atoms with Crippen LogP contribution in [0.25, 0.3) is 0 Å². The van der Waals surface area contributed by atoms with Crippen LogP contribution in [0.3, 0.4) is 0 Å². The number of carbonyl (C=O) groups excluding carboxylic acids is 1. The van der Waals surface area contributed by atoms with Crippen LogP contribution in [0.4, 0.5) is 4.39 Å². The molecule has 0 saturated carbocycles. The number of para-hydroxylation sites is 1. The van der Waals surface area contributed by atoms with Gasteiger partial charge in [-0.2, -0.15) is 11.8 Å². The van der Waals surface area contributed by atoms with Gasteiger partial charge in [0, 0.05) is 29.7 Å². The molecule has 0 spiro atoms. The number of amides is 1. The Kier molecular flexibility index (Phi) is 5.97. The van der Waals surface area contributed by atoms with Gasteiger partial charge in [0.15, 0.2) is 0 Å². The van der Waals surface area contributed by atoms with Crippen LogP contribution in [-0.4, -0.2) is 36.3 Å². The molecule has 0 aliphatic carbocycles. The quantitative estimate of drug-likeness (QED) is 0.802. The lowest BCUT2D eigenvalue weighted by Crippen LogP contribution is -2.33. The molecule has 0 bridgehead atoms. The van der Waals surface area contributed by atoms with Crippen LogP contribution in [0, 0.1) is 5.82 Å². The van der Waals surface area contributed by atoms with Gasteiger partial charge >= 0.3 is 0 Å². The fourth-order valence-electron chi connectivity index (χ4n) is 3.05. The van der Waals surface area contributed by atoms with Gasteiger partial charge in [0.25, 0.3) is 5.91 Å². The highest BCUT2D eigenvalue weighted by Crippen LogP contribution is 2.36. The molecule has 3 nitrogen and oxygen atoms in total. The fourth-order valence-corrected chi connectivity index (χ4v) is 4.31. The molecule has 132 valence electrons. The predicted octanol–water partition coefficient (Wildman–Crippen LogP) is 4.54. The molecule has 1 unspecified atom stereocenters. The number of thioether (sulfide) groups is 1. The van der Waals surface area contributed by atoms with Crippen molar-refractivity contribution in [3.63, 3.8) is 0 Å². The molecule has 1 amide bonds. The van der Waals surface area contributed by atoms with Crippen molar-refractivity contribution in [3.05, 3.63) is 65.5 Å². The van der Waals surface area contributed by atoms with E-state index >= 15 is 0 Å². The molecule has 3 rings (SSSR count). The lowest BCUT2D eigenvalue weighted by molar-refractivity contribution is 0.0762. The number of rotatable bonds is 4. The summed E-state index contributed by atoms with van der Waals surface area (Å²) in [6, 6.07) is 14.3. The van der Waals surface area contributed by atoms with Crippen LogP contribution >= 0.6 is 11.8 Å². The third-order valence-corrected chi connectivity index (χ3v) is 5.61. The molecule has 1 heterocycles. The summed E-state index contributed by atoms with van der Waals surface area (Å²) in [5, 5.41) is 0.0844. The molecule has 25 heavy (non-hydrogen) atoms. The van der Waals surface area contributed by atoms with E-state index in [1.54, 1.807) is 23.9 Å². The van der Waals surface area contributed by atoms with E-state index in [2.05, 4.69) is 0 Å². The molecule has 0 aromatic heterocycles. The summed E-state index contributed by atoms with van der Waals surface area (Å²) in [6.45, 7) is 3.71. The van der Waals surface area contributed by atoms with Gasteiger partial charge in [-0.25, -0.2) is 4.39 Å². The van der Waals surface area contributed by atoms with Crippen LogP contribution in [0.2, 0.25) is 0 Å². The van der Waals surface area contributed by atoms with E-state index in [-0.39, 0.29) is 17.0 Å². The topological polar surface area (TPSA) is 29.5 Å². The summed E-state index contributed by atoms with van der Waals surface area (Å²) in [5.41, 5.74) is 1.33. The monoisotopic (exact) mass is 359 g/mol. The fraction of sp³-hybridized carbons (Fsp3) is 0.350. The van der Waals surface area contributed by atoms with E-state index in [1.165, 1.54) is 6.07 Å². The van der Waals surface area contributed by atoms with Gasteiger partial charge < -0.3 is 9.64 Å². The average molecular weight is 359 g/mol. The Hall–Kier alpha value is -2.01. The number of halogens is 1. The smallest absolute Gasteiger partial charge is 0.257 e. The Labute approximate surface area is 152 Å². The average Bonchev–Trinajstić information content (AvgIpc) is 2.88. The maximum Gasteiger partial charge on any atom is 0.257 e. The number of nitrogens with zero attached hydrogens (tertiary/aromatic N) is 1. The van der Waals surface area contributed by atoms with Crippen LogP contribution in [-0.2, 0) is 0 Å². The minimum absolute atomic E-state index is 0.0150. The minimum Gasteiger partial charge on any atom is -0.493 e. The maximum absolute atomic E-state index is 14.1. The summed E-state index contributed by atoms with van der Waals surface area (Å²) in [5.74, 6) is 1.24. The molecular weight excluding hydrogens is 337 g/mol. The molecule has 1 aliphatic rings. The second-order valence-corrected chi connectivity index (χ2v) is 7.20. The van der Waals surface area contributed by atoms with Crippen LogP contribution in [0.5, 0.6) is 5.75 Å². The van der Waals surface area contributed by atoms with E-state index < -0.39 is 0 Å². The van der Waals surface area contributed by atoms with Gasteiger partial charge in [-0.1, -0.05) is 30.3 Å². The zero-order chi connectivity index (χ0) is 17.6. The normalized spacial score (nSPS) is 17.8. The van der Waals surface area contributed by atoms with Gasteiger partial charge in [-0.3, -0.25) is 4.79 Å². The first kappa shape index (κ1) is 17.8. The lowest BCUT2D eigenvalue weighted by atomic mass is 10.1. The molecule has 0 N–H and O–H groups in total. The summed E-state index contributed by atoms with van der Waals surface area (Å²) in [4.78, 5) is 14.8. The zero-order valence-corrected chi connectivity index (χ0v) is 15.1. The van der Waals surface area contributed by atoms with E-state index in [0.717, 1.165) is 17.7 Å². The zero-order valence-electron chi connectivity index (χ0n) is 14.3. The number of benzene rings is 2. The number of ether oxygens (including phenoxy) is 1. The van der Waals surface area contributed by atoms with E-state index in [4.69, 9.17) is 4.74 Å². The highest BCUT2D eigenvalue weighted by atomic mass is 32.2. The van der Waals surface area contributed by atoms with Gasteiger partial charge in [0.05, 0.1) is 12.2 Å². The van der Waals surface area contributed by atoms with Crippen molar-refractivity contribution in [1.29, 1.82) is 0 Å². The molecule has 1 atom stereocenters. The molecule has 1 saturated heterocycles. The number of carbonyl (C=O) groups is 1. The van der Waals surface area contributed by atoms with Gasteiger partial charge in [-0.05, 0) is 31.5 Å². The Morgan fingerprint density at radius 3 is 2.76 bits per heavy atom. The predicted molar refractivity (Wildman–Crippen MR) is 99.7 cm³/mol. The van der Waals surface area contributed by atoms with Gasteiger partial charge in [-0.15, -0.1) is 0 Å². The molecular formula is C20H22FNO2S. The Balaban J connectivity index is 1.73. The second-order valence-electron chi connectivity index (χ2n) is 5.89. The molecule has 1 fully saturated rings. The van der Waals surface area contributed by atoms with Gasteiger partial charge in [0.2, 0.25) is 0 Å². The van der Waals surface area contributed by atoms with Crippen LogP contribution in [0.15, 0.2) is 48.5 Å². The SMILES string of the molecule is CCOc1ccccc1C(=O)N1CCSC(c2ccccc2F)CC1. The van der Waals surface area contributed by atoms with Crippen molar-refractivity contribution < 1.29 is 13.9 Å². The molecule has 0 radical (unpaired) electrons. The number of hydrogen-bond donors (Lipinski definition) is 0. The summed E-state index contributed by atoms with van der Waals surface area (Å²) >= 11 is 1.72. The van der Waals surface area contributed by atoms with Crippen molar-refractivity contribution >= 4 is 17.7 Å². The van der Waals surface area contributed by atoms with Crippen molar-refractivity contribution in [2.45, 2.75) is 18.6 Å². The Morgan fingerprint density at radius 2 is 1.96 bits per heavy atom. The van der Waals surface area contributed by atoms with Crippen molar-refractivity contribution in [2.24, 2.45) is 0 Å².